The standard InChI is InChI=1S/C24H26N4O4S/c1-31-19-8-6-18(7-9-19)25-22(30)24-27-26-23(33-24)17-10-12-28(13-11-17)21(29)15-16-4-3-5-20(14-16)32-2/h3-9,14,17H,10-13,15H2,1-2H3,(H,25,30). The van der Waals surface area contributed by atoms with Gasteiger partial charge in [-0.3, -0.25) is 9.59 Å². The van der Waals surface area contributed by atoms with Crippen molar-refractivity contribution in [1.29, 1.82) is 0 Å². The van der Waals surface area contributed by atoms with Crippen LogP contribution in [0.15, 0.2) is 48.5 Å². The van der Waals surface area contributed by atoms with E-state index in [-0.39, 0.29) is 17.7 Å². The quantitative estimate of drug-likeness (QED) is 0.570. The van der Waals surface area contributed by atoms with Gasteiger partial charge in [0.05, 0.1) is 20.6 Å². The van der Waals surface area contributed by atoms with Gasteiger partial charge in [-0.25, -0.2) is 0 Å². The van der Waals surface area contributed by atoms with E-state index < -0.39 is 0 Å². The zero-order valence-corrected chi connectivity index (χ0v) is 19.4. The second kappa shape index (κ2) is 10.4. The van der Waals surface area contributed by atoms with Crippen molar-refractivity contribution in [2.45, 2.75) is 25.2 Å². The van der Waals surface area contributed by atoms with Crippen LogP contribution in [0.4, 0.5) is 5.69 Å². The second-order valence-corrected chi connectivity index (χ2v) is 8.82. The Balaban J connectivity index is 1.30. The van der Waals surface area contributed by atoms with Crippen LogP contribution in [0.1, 0.15) is 39.1 Å². The van der Waals surface area contributed by atoms with Gasteiger partial charge >= 0.3 is 0 Å². The second-order valence-electron chi connectivity index (χ2n) is 7.81. The summed E-state index contributed by atoms with van der Waals surface area (Å²) in [6.45, 7) is 1.33. The number of methoxy groups -OCH3 is 2. The highest BCUT2D eigenvalue weighted by atomic mass is 32.1. The molecule has 0 radical (unpaired) electrons. The lowest BCUT2D eigenvalue weighted by Gasteiger charge is -2.31. The number of piperidine rings is 1. The van der Waals surface area contributed by atoms with Crippen LogP contribution in [-0.2, 0) is 11.2 Å². The first-order chi connectivity index (χ1) is 16.1. The molecule has 0 atom stereocenters. The summed E-state index contributed by atoms with van der Waals surface area (Å²) in [7, 11) is 3.21. The smallest absolute Gasteiger partial charge is 0.286 e. The fraction of sp³-hybridized carbons (Fsp3) is 0.333. The first kappa shape index (κ1) is 22.7. The molecule has 4 rings (SSSR count). The summed E-state index contributed by atoms with van der Waals surface area (Å²) in [4.78, 5) is 27.1. The number of carbonyl (C=O) groups excluding carboxylic acids is 2. The third-order valence-corrected chi connectivity index (χ3v) is 6.75. The van der Waals surface area contributed by atoms with E-state index in [4.69, 9.17) is 9.47 Å². The highest BCUT2D eigenvalue weighted by Gasteiger charge is 2.27. The summed E-state index contributed by atoms with van der Waals surface area (Å²) in [5, 5.41) is 12.3. The van der Waals surface area contributed by atoms with Crippen LogP contribution in [0, 0.1) is 0 Å². The van der Waals surface area contributed by atoms with Gasteiger partial charge in [-0.05, 0) is 54.8 Å². The van der Waals surface area contributed by atoms with E-state index in [1.165, 1.54) is 11.3 Å². The first-order valence-electron chi connectivity index (χ1n) is 10.7. The number of carbonyl (C=O) groups is 2. The van der Waals surface area contributed by atoms with Crippen LogP contribution in [0.5, 0.6) is 11.5 Å². The predicted molar refractivity (Wildman–Crippen MR) is 126 cm³/mol. The molecule has 2 heterocycles. The highest BCUT2D eigenvalue weighted by molar-refractivity contribution is 7.13. The maximum atomic E-state index is 12.7. The molecule has 0 unspecified atom stereocenters. The van der Waals surface area contributed by atoms with Crippen molar-refractivity contribution in [1.82, 2.24) is 15.1 Å². The number of aromatic nitrogens is 2. The van der Waals surface area contributed by atoms with E-state index in [1.807, 2.05) is 29.2 Å². The average Bonchev–Trinajstić information content (AvgIpc) is 3.35. The average molecular weight is 467 g/mol. The lowest BCUT2D eigenvalue weighted by atomic mass is 9.97. The summed E-state index contributed by atoms with van der Waals surface area (Å²) in [5.74, 6) is 1.50. The Hall–Kier alpha value is -3.46. The van der Waals surface area contributed by atoms with Gasteiger partial charge in [0, 0.05) is 24.7 Å². The zero-order chi connectivity index (χ0) is 23.2. The van der Waals surface area contributed by atoms with E-state index in [2.05, 4.69) is 15.5 Å². The lowest BCUT2D eigenvalue weighted by molar-refractivity contribution is -0.131. The van der Waals surface area contributed by atoms with Gasteiger partial charge in [-0.1, -0.05) is 23.5 Å². The summed E-state index contributed by atoms with van der Waals surface area (Å²) in [6, 6.07) is 14.7. The lowest BCUT2D eigenvalue weighted by Crippen LogP contribution is -2.38. The molecule has 33 heavy (non-hydrogen) atoms. The molecule has 3 aromatic rings. The van der Waals surface area contributed by atoms with Crippen molar-refractivity contribution < 1.29 is 19.1 Å². The molecular formula is C24H26N4O4S. The number of ether oxygens (including phenoxy) is 2. The van der Waals surface area contributed by atoms with Crippen LogP contribution in [0.3, 0.4) is 0 Å². The summed E-state index contributed by atoms with van der Waals surface area (Å²) in [6.07, 6.45) is 1.97. The number of rotatable bonds is 7. The normalized spacial score (nSPS) is 14.1. The summed E-state index contributed by atoms with van der Waals surface area (Å²) in [5.41, 5.74) is 1.61. The maximum Gasteiger partial charge on any atom is 0.286 e. The summed E-state index contributed by atoms with van der Waals surface area (Å²) < 4.78 is 10.4. The fourth-order valence-electron chi connectivity index (χ4n) is 3.79. The molecule has 1 aliphatic rings. The Morgan fingerprint density at radius 3 is 2.45 bits per heavy atom. The molecule has 0 aliphatic carbocycles. The molecular weight excluding hydrogens is 440 g/mol. The molecule has 1 aliphatic heterocycles. The van der Waals surface area contributed by atoms with Gasteiger partial charge in [-0.2, -0.15) is 0 Å². The molecule has 1 aromatic heterocycles. The van der Waals surface area contributed by atoms with Crippen LogP contribution in [0.2, 0.25) is 0 Å². The van der Waals surface area contributed by atoms with Crippen molar-refractivity contribution in [2.24, 2.45) is 0 Å². The van der Waals surface area contributed by atoms with Crippen LogP contribution in [0.25, 0.3) is 0 Å². The Bertz CT molecular complexity index is 1110. The number of benzene rings is 2. The van der Waals surface area contributed by atoms with E-state index in [1.54, 1.807) is 38.5 Å². The van der Waals surface area contributed by atoms with E-state index in [9.17, 15) is 9.59 Å². The van der Waals surface area contributed by atoms with Crippen LogP contribution >= 0.6 is 11.3 Å². The van der Waals surface area contributed by atoms with Gasteiger partial charge in [0.25, 0.3) is 5.91 Å². The maximum absolute atomic E-state index is 12.7. The predicted octanol–water partition coefficient (Wildman–Crippen LogP) is 3.76. The minimum Gasteiger partial charge on any atom is -0.497 e. The molecule has 172 valence electrons. The molecule has 1 fully saturated rings. The molecule has 2 amide bonds. The number of anilines is 1. The van der Waals surface area contributed by atoms with Crippen molar-refractivity contribution in [2.75, 3.05) is 32.6 Å². The molecule has 8 nitrogen and oxygen atoms in total. The minimum absolute atomic E-state index is 0.110. The van der Waals surface area contributed by atoms with Crippen molar-refractivity contribution in [3.8, 4) is 11.5 Å². The topological polar surface area (TPSA) is 93.6 Å². The Morgan fingerprint density at radius 2 is 1.76 bits per heavy atom. The number of likely N-dealkylation sites (tertiary alicyclic amines) is 1. The van der Waals surface area contributed by atoms with Crippen molar-refractivity contribution in [3.63, 3.8) is 0 Å². The number of nitrogens with one attached hydrogen (secondary N) is 1. The molecule has 0 spiro atoms. The molecule has 1 N–H and O–H groups in total. The first-order valence-corrected chi connectivity index (χ1v) is 11.6. The van der Waals surface area contributed by atoms with Gasteiger partial charge in [-0.15, -0.1) is 10.2 Å². The van der Waals surface area contributed by atoms with Gasteiger partial charge in [0.2, 0.25) is 10.9 Å². The van der Waals surface area contributed by atoms with E-state index in [0.717, 1.165) is 34.9 Å². The Morgan fingerprint density at radius 1 is 1.03 bits per heavy atom. The third kappa shape index (κ3) is 5.67. The molecule has 2 aromatic carbocycles. The van der Waals surface area contributed by atoms with Crippen molar-refractivity contribution in [3.05, 3.63) is 64.1 Å². The Labute approximate surface area is 196 Å². The van der Waals surface area contributed by atoms with Crippen molar-refractivity contribution >= 4 is 28.8 Å². The molecule has 0 bridgehead atoms. The third-order valence-electron chi connectivity index (χ3n) is 5.67. The highest BCUT2D eigenvalue weighted by Crippen LogP contribution is 2.31. The monoisotopic (exact) mass is 466 g/mol. The van der Waals surface area contributed by atoms with E-state index >= 15 is 0 Å². The zero-order valence-electron chi connectivity index (χ0n) is 18.6. The molecule has 0 saturated carbocycles. The van der Waals surface area contributed by atoms with E-state index in [0.29, 0.717) is 30.2 Å². The fourth-order valence-corrected chi connectivity index (χ4v) is 4.70. The molecule has 1 saturated heterocycles. The number of hydrogen-bond acceptors (Lipinski definition) is 7. The molecule has 9 heteroatoms. The van der Waals surface area contributed by atoms with Gasteiger partial charge in [0.15, 0.2) is 0 Å². The Kier molecular flexibility index (Phi) is 7.19. The minimum atomic E-state index is -0.283. The van der Waals surface area contributed by atoms with Gasteiger partial charge < -0.3 is 19.7 Å². The number of hydrogen-bond donors (Lipinski definition) is 1. The van der Waals surface area contributed by atoms with Crippen LogP contribution in [-0.4, -0.2) is 54.2 Å². The number of nitrogens with zero attached hydrogens (tertiary/aromatic N) is 3. The SMILES string of the molecule is COc1ccc(NC(=O)c2nnc(C3CCN(C(=O)Cc4cccc(OC)c4)CC3)s2)cc1. The summed E-state index contributed by atoms with van der Waals surface area (Å²) >= 11 is 1.31. The largest absolute Gasteiger partial charge is 0.497 e. The van der Waals surface area contributed by atoms with Gasteiger partial charge in [0.1, 0.15) is 16.5 Å². The van der Waals surface area contributed by atoms with Crippen LogP contribution < -0.4 is 14.8 Å². The number of amides is 2.